The van der Waals surface area contributed by atoms with Crippen molar-refractivity contribution in [2.45, 2.75) is 206 Å². The maximum atomic E-state index is 12.6. The quantitative estimate of drug-likeness (QED) is 0.113. The van der Waals surface area contributed by atoms with Crippen molar-refractivity contribution in [1.82, 2.24) is 0 Å². The first-order valence-corrected chi connectivity index (χ1v) is 24.9. The smallest absolute Gasteiger partial charge is 0.187 e. The van der Waals surface area contributed by atoms with Crippen LogP contribution in [0.2, 0.25) is 0 Å². The molecule has 8 aliphatic rings. The largest absolute Gasteiger partial charge is 0.396 e. The fourth-order valence-corrected chi connectivity index (χ4v) is 16.5. The van der Waals surface area contributed by atoms with E-state index < -0.39 is 115 Å². The SMILES string of the molecule is CC(C)=C[C@@H]1COC2C([C@H]3CC[C@]4(C)[C@@]5(C)CC[C@H](OC6OC[C@@H](O)[C@H](OC7O[C@H](CO)[C@@H](O)[C@H](O)[C@H]7C)[C@H]6OC6O[C@@H](CO)[C@H](O)[C@H]6O)C(C)(C)[C@]5(C)CC[C@@]4(C)[C@]3(CO)C2C)[C@@]1(C)O. The van der Waals surface area contributed by atoms with E-state index in [9.17, 15) is 46.0 Å². The molecule has 16 heteroatoms. The second kappa shape index (κ2) is 17.7. The van der Waals surface area contributed by atoms with Gasteiger partial charge in [-0.2, -0.15) is 0 Å². The Morgan fingerprint density at radius 1 is 0.636 bits per heavy atom. The van der Waals surface area contributed by atoms with Crippen LogP contribution in [0, 0.1) is 62.1 Å². The van der Waals surface area contributed by atoms with E-state index in [4.69, 9.17) is 33.2 Å². The molecule has 8 rings (SSSR count). The molecule has 4 aliphatic heterocycles. The van der Waals surface area contributed by atoms with E-state index in [1.165, 1.54) is 0 Å². The summed E-state index contributed by atoms with van der Waals surface area (Å²) in [6.45, 7) is 23.3. The second-order valence-electron chi connectivity index (χ2n) is 24.0. The van der Waals surface area contributed by atoms with Crippen LogP contribution in [0.4, 0.5) is 0 Å². The van der Waals surface area contributed by atoms with Gasteiger partial charge in [0.05, 0.1) is 50.3 Å². The lowest BCUT2D eigenvalue weighted by Gasteiger charge is -2.79. The number of rotatable bonds is 10. The van der Waals surface area contributed by atoms with Crippen LogP contribution in [0.1, 0.15) is 115 Å². The van der Waals surface area contributed by atoms with E-state index in [0.29, 0.717) is 13.0 Å². The molecule has 0 aromatic heterocycles. The predicted molar refractivity (Wildman–Crippen MR) is 238 cm³/mol. The molecule has 0 radical (unpaired) electrons. The molecule has 66 heavy (non-hydrogen) atoms. The molecule has 0 bridgehead atoms. The van der Waals surface area contributed by atoms with Crippen molar-refractivity contribution >= 4 is 0 Å². The average molecular weight is 941 g/mol. The zero-order chi connectivity index (χ0) is 48.5. The minimum absolute atomic E-state index is 0.00813. The van der Waals surface area contributed by atoms with E-state index >= 15 is 0 Å². The topological polar surface area (TPSA) is 247 Å². The van der Waals surface area contributed by atoms with Crippen LogP contribution in [0.15, 0.2) is 11.6 Å². The van der Waals surface area contributed by atoms with Crippen LogP contribution in [-0.4, -0.2) is 171 Å². The van der Waals surface area contributed by atoms with Gasteiger partial charge in [0.25, 0.3) is 0 Å². The number of allylic oxidation sites excluding steroid dienone is 1. The fourth-order valence-electron chi connectivity index (χ4n) is 16.5. The van der Waals surface area contributed by atoms with Crippen molar-refractivity contribution in [3.63, 3.8) is 0 Å². The van der Waals surface area contributed by atoms with Gasteiger partial charge in [-0.3, -0.25) is 0 Å². The van der Waals surface area contributed by atoms with Crippen LogP contribution in [-0.2, 0) is 33.2 Å². The average Bonchev–Trinajstić information content (AvgIpc) is 3.69. The summed E-state index contributed by atoms with van der Waals surface area (Å²) in [5, 5.41) is 99.2. The molecule has 0 amide bonds. The molecular weight excluding hydrogens is 857 g/mol. The maximum absolute atomic E-state index is 12.6. The van der Waals surface area contributed by atoms with E-state index in [0.717, 1.165) is 37.7 Å². The van der Waals surface area contributed by atoms with Crippen molar-refractivity contribution < 1.29 is 79.1 Å². The Labute approximate surface area is 391 Å². The molecule has 0 aromatic rings. The Balaban J connectivity index is 1.10. The Kier molecular flexibility index (Phi) is 13.8. The van der Waals surface area contributed by atoms with E-state index in [1.54, 1.807) is 6.92 Å². The Morgan fingerprint density at radius 3 is 1.83 bits per heavy atom. The summed E-state index contributed by atoms with van der Waals surface area (Å²) in [6.07, 6.45) is -9.44. The standard InChI is InChI=1S/C50H84O16/c1-24(2)18-27-21-60-38-26(4)50(23-53)28(33(38)49(27,11)59)12-14-47(9)46(8)15-13-32(44(5,6)45(46,7)16-17-48(47,50)10)64-43-40(66-42-37(58)36(57)31(20-52)63-42)39(29(54)22-61-43)65-41-25(3)34(55)35(56)30(19-51)62-41/h18,25-43,51-59H,12-17,19-23H2,1-11H3/t25-,26?,27-,28-,29-,30-,31+,32+,33?,34-,35-,36+,37-,38?,39+,40-,41?,42?,43?,45+,46+,47-,48-,49+,50-/m1/s1. The Hall–Kier alpha value is -0.900. The third-order valence-electron chi connectivity index (χ3n) is 21.3. The fraction of sp³-hybridized carbons (Fsp3) is 0.960. The van der Waals surface area contributed by atoms with Crippen molar-refractivity contribution in [1.29, 1.82) is 0 Å². The molecule has 380 valence electrons. The van der Waals surface area contributed by atoms with E-state index in [1.807, 2.05) is 6.92 Å². The summed E-state index contributed by atoms with van der Waals surface area (Å²) >= 11 is 0. The van der Waals surface area contributed by atoms with Gasteiger partial charge in [-0.25, -0.2) is 0 Å². The Morgan fingerprint density at radius 2 is 1.21 bits per heavy atom. The van der Waals surface area contributed by atoms with Crippen LogP contribution in [0.5, 0.6) is 0 Å². The summed E-state index contributed by atoms with van der Waals surface area (Å²) in [4.78, 5) is 0. The van der Waals surface area contributed by atoms with Crippen molar-refractivity contribution in [3.05, 3.63) is 11.6 Å². The van der Waals surface area contributed by atoms with Gasteiger partial charge in [-0.05, 0) is 98.2 Å². The first-order valence-electron chi connectivity index (χ1n) is 24.9. The molecule has 6 unspecified atom stereocenters. The number of aliphatic hydroxyl groups excluding tert-OH is 8. The highest BCUT2D eigenvalue weighted by molar-refractivity contribution is 5.29. The highest BCUT2D eigenvalue weighted by Crippen LogP contribution is 2.84. The third-order valence-corrected chi connectivity index (χ3v) is 21.3. The van der Waals surface area contributed by atoms with Gasteiger partial charge in [0.15, 0.2) is 18.9 Å². The van der Waals surface area contributed by atoms with Crippen LogP contribution in [0.25, 0.3) is 0 Å². The van der Waals surface area contributed by atoms with Gasteiger partial charge >= 0.3 is 0 Å². The van der Waals surface area contributed by atoms with Gasteiger partial charge in [0.1, 0.15) is 48.8 Å². The lowest BCUT2D eigenvalue weighted by Crippen LogP contribution is -2.74. The summed E-state index contributed by atoms with van der Waals surface area (Å²) in [7, 11) is 0. The van der Waals surface area contributed by atoms with Crippen molar-refractivity contribution in [2.75, 3.05) is 33.0 Å². The van der Waals surface area contributed by atoms with E-state index in [-0.39, 0.29) is 64.6 Å². The van der Waals surface area contributed by atoms with Crippen LogP contribution < -0.4 is 0 Å². The number of fused-ring (bicyclic) bond motifs is 7. The van der Waals surface area contributed by atoms with Gasteiger partial charge < -0.3 is 79.1 Å². The van der Waals surface area contributed by atoms with Crippen LogP contribution >= 0.6 is 0 Å². The minimum atomic E-state index is -1.58. The summed E-state index contributed by atoms with van der Waals surface area (Å²) in [5.74, 6) is -0.993. The lowest BCUT2D eigenvalue weighted by atomic mass is 9.26. The molecule has 4 saturated heterocycles. The first-order chi connectivity index (χ1) is 30.8. The summed E-state index contributed by atoms with van der Waals surface area (Å²) in [5.41, 5.74) is -2.01. The van der Waals surface area contributed by atoms with Crippen molar-refractivity contribution in [2.24, 2.45) is 62.1 Å². The molecule has 16 nitrogen and oxygen atoms in total. The lowest BCUT2D eigenvalue weighted by molar-refractivity contribution is -0.377. The molecule has 4 aliphatic carbocycles. The summed E-state index contributed by atoms with van der Waals surface area (Å²) < 4.78 is 44.7. The van der Waals surface area contributed by atoms with Crippen LogP contribution in [0.3, 0.4) is 0 Å². The number of hydrogen-bond acceptors (Lipinski definition) is 16. The highest BCUT2D eigenvalue weighted by atomic mass is 16.8. The highest BCUT2D eigenvalue weighted by Gasteiger charge is 2.81. The predicted octanol–water partition coefficient (Wildman–Crippen LogP) is 2.40. The molecule has 25 atom stereocenters. The normalized spacial score (nSPS) is 56.8. The summed E-state index contributed by atoms with van der Waals surface area (Å²) in [6, 6.07) is 0. The third kappa shape index (κ3) is 7.03. The van der Waals surface area contributed by atoms with E-state index in [2.05, 4.69) is 68.4 Å². The Bertz CT molecular complexity index is 1770. The van der Waals surface area contributed by atoms with Crippen molar-refractivity contribution in [3.8, 4) is 0 Å². The second-order valence-corrected chi connectivity index (χ2v) is 24.0. The number of aliphatic hydroxyl groups is 9. The molecule has 8 fully saturated rings. The number of ether oxygens (including phenoxy) is 7. The molecule has 9 N–H and O–H groups in total. The number of hydrogen-bond donors (Lipinski definition) is 9. The first kappa shape index (κ1) is 51.5. The molecule has 0 spiro atoms. The van der Waals surface area contributed by atoms with Gasteiger partial charge in [0.2, 0.25) is 0 Å². The maximum Gasteiger partial charge on any atom is 0.187 e. The molecule has 4 heterocycles. The zero-order valence-corrected chi connectivity index (χ0v) is 41.2. The molecule has 0 aromatic carbocycles. The molecular formula is C50H84O16. The van der Waals surface area contributed by atoms with Gasteiger partial charge in [-0.1, -0.05) is 67.0 Å². The monoisotopic (exact) mass is 941 g/mol. The van der Waals surface area contributed by atoms with Gasteiger partial charge in [0, 0.05) is 29.8 Å². The zero-order valence-electron chi connectivity index (χ0n) is 41.2. The van der Waals surface area contributed by atoms with Gasteiger partial charge in [-0.15, -0.1) is 0 Å². The molecule has 4 saturated carbocycles. The minimum Gasteiger partial charge on any atom is -0.396 e.